The van der Waals surface area contributed by atoms with E-state index >= 15 is 0 Å². The molecular formula is C13H14N2O3S2. The molecule has 0 bridgehead atoms. The van der Waals surface area contributed by atoms with Gasteiger partial charge in [-0.05, 0) is 24.3 Å². The molecule has 3 rings (SSSR count). The van der Waals surface area contributed by atoms with Crippen molar-refractivity contribution in [3.63, 3.8) is 0 Å². The molecule has 106 valence electrons. The molecule has 2 N–H and O–H groups in total. The highest BCUT2D eigenvalue weighted by molar-refractivity contribution is 7.91. The number of rotatable bonds is 4. The van der Waals surface area contributed by atoms with E-state index in [2.05, 4.69) is 10.3 Å². The number of aromatic nitrogens is 1. The van der Waals surface area contributed by atoms with Crippen molar-refractivity contribution in [1.29, 1.82) is 0 Å². The Morgan fingerprint density at radius 3 is 3.05 bits per heavy atom. The summed E-state index contributed by atoms with van der Waals surface area (Å²) in [7, 11) is -3.18. The first-order valence-corrected chi connectivity index (χ1v) is 8.85. The Kier molecular flexibility index (Phi) is 3.39. The van der Waals surface area contributed by atoms with E-state index in [1.807, 2.05) is 17.5 Å². The molecule has 2 aromatic rings. The highest BCUT2D eigenvalue weighted by Crippen LogP contribution is 2.28. The summed E-state index contributed by atoms with van der Waals surface area (Å²) in [4.78, 5) is 16.3. The summed E-state index contributed by atoms with van der Waals surface area (Å²) >= 11 is 1.65. The van der Waals surface area contributed by atoms with Crippen LogP contribution in [-0.4, -0.2) is 31.6 Å². The number of sulfone groups is 1. The van der Waals surface area contributed by atoms with Gasteiger partial charge in [0.15, 0.2) is 9.84 Å². The Morgan fingerprint density at radius 2 is 2.30 bits per heavy atom. The van der Waals surface area contributed by atoms with E-state index in [1.165, 1.54) is 11.1 Å². The standard InChI is InChI=1S/C13H14N2O3S2/c16-13(14-5-3-9-2-1-6-19-9)12-10-4-7-20(17,18)11(10)8-15-12/h1-2,6,8,15H,3-5,7H2,(H,14,16). The maximum atomic E-state index is 12.1. The van der Waals surface area contributed by atoms with Gasteiger partial charge < -0.3 is 10.3 Å². The van der Waals surface area contributed by atoms with Crippen molar-refractivity contribution < 1.29 is 13.2 Å². The number of amides is 1. The average molecular weight is 310 g/mol. The molecular weight excluding hydrogens is 296 g/mol. The van der Waals surface area contributed by atoms with E-state index in [9.17, 15) is 13.2 Å². The van der Waals surface area contributed by atoms with Gasteiger partial charge in [-0.2, -0.15) is 0 Å². The van der Waals surface area contributed by atoms with Gasteiger partial charge in [0.05, 0.1) is 10.6 Å². The number of H-pyrrole nitrogens is 1. The van der Waals surface area contributed by atoms with Crippen molar-refractivity contribution in [2.24, 2.45) is 0 Å². The maximum Gasteiger partial charge on any atom is 0.268 e. The number of carbonyl (C=O) groups excluding carboxylic acids is 1. The number of hydrogen-bond donors (Lipinski definition) is 2. The summed E-state index contributed by atoms with van der Waals surface area (Å²) < 4.78 is 23.4. The molecule has 0 saturated heterocycles. The van der Waals surface area contributed by atoms with E-state index in [4.69, 9.17) is 0 Å². The van der Waals surface area contributed by atoms with Crippen LogP contribution in [0.3, 0.4) is 0 Å². The summed E-state index contributed by atoms with van der Waals surface area (Å²) in [6, 6.07) is 4.00. The Bertz CT molecular complexity index is 730. The monoisotopic (exact) mass is 310 g/mol. The first kappa shape index (κ1) is 13.4. The zero-order valence-electron chi connectivity index (χ0n) is 10.7. The fourth-order valence-corrected chi connectivity index (χ4v) is 4.57. The first-order valence-electron chi connectivity index (χ1n) is 6.31. The van der Waals surface area contributed by atoms with Crippen LogP contribution >= 0.6 is 11.3 Å². The van der Waals surface area contributed by atoms with Crippen LogP contribution in [0.4, 0.5) is 0 Å². The molecule has 1 aliphatic rings. The second-order valence-corrected chi connectivity index (χ2v) is 7.77. The highest BCUT2D eigenvalue weighted by atomic mass is 32.2. The van der Waals surface area contributed by atoms with Crippen molar-refractivity contribution in [3.05, 3.63) is 39.8 Å². The lowest BCUT2D eigenvalue weighted by Gasteiger charge is -2.04. The van der Waals surface area contributed by atoms with Crippen LogP contribution in [-0.2, 0) is 22.7 Å². The number of aromatic amines is 1. The molecule has 0 unspecified atom stereocenters. The molecule has 2 aromatic heterocycles. The lowest BCUT2D eigenvalue weighted by atomic mass is 10.2. The zero-order chi connectivity index (χ0) is 14.2. The van der Waals surface area contributed by atoms with Crippen molar-refractivity contribution >= 4 is 27.1 Å². The number of fused-ring (bicyclic) bond motifs is 1. The van der Waals surface area contributed by atoms with E-state index in [-0.39, 0.29) is 16.6 Å². The number of hydrogen-bond acceptors (Lipinski definition) is 4. The SMILES string of the molecule is O=C(NCCc1cccs1)c1[nH]cc2c1CCS2(=O)=O. The quantitative estimate of drug-likeness (QED) is 0.895. The summed E-state index contributed by atoms with van der Waals surface area (Å²) in [6.45, 7) is 0.542. The minimum atomic E-state index is -3.18. The number of carbonyl (C=O) groups is 1. The smallest absolute Gasteiger partial charge is 0.268 e. The van der Waals surface area contributed by atoms with Crippen LogP contribution in [0.2, 0.25) is 0 Å². The molecule has 0 aromatic carbocycles. The molecule has 0 atom stereocenters. The number of thiophene rings is 1. The van der Waals surface area contributed by atoms with E-state index < -0.39 is 9.84 Å². The number of nitrogens with one attached hydrogen (secondary N) is 2. The normalized spacial score (nSPS) is 16.0. The molecule has 20 heavy (non-hydrogen) atoms. The van der Waals surface area contributed by atoms with Crippen LogP contribution in [0.15, 0.2) is 28.6 Å². The Balaban J connectivity index is 1.67. The van der Waals surface area contributed by atoms with Crippen molar-refractivity contribution in [3.8, 4) is 0 Å². The van der Waals surface area contributed by atoms with Gasteiger partial charge in [-0.15, -0.1) is 11.3 Å². The maximum absolute atomic E-state index is 12.1. The lowest BCUT2D eigenvalue weighted by molar-refractivity contribution is 0.0949. The van der Waals surface area contributed by atoms with Gasteiger partial charge in [0.25, 0.3) is 5.91 Å². The Labute approximate surface area is 120 Å². The van der Waals surface area contributed by atoms with E-state index in [1.54, 1.807) is 11.3 Å². The van der Waals surface area contributed by atoms with Crippen LogP contribution in [0, 0.1) is 0 Å². The van der Waals surface area contributed by atoms with Gasteiger partial charge in [0, 0.05) is 23.2 Å². The lowest BCUT2D eigenvalue weighted by Crippen LogP contribution is -2.26. The van der Waals surface area contributed by atoms with Crippen molar-refractivity contribution in [2.45, 2.75) is 17.7 Å². The van der Waals surface area contributed by atoms with Gasteiger partial charge in [0.1, 0.15) is 5.69 Å². The van der Waals surface area contributed by atoms with Gasteiger partial charge in [-0.25, -0.2) is 8.42 Å². The minimum absolute atomic E-state index is 0.0990. The fraction of sp³-hybridized carbons (Fsp3) is 0.308. The zero-order valence-corrected chi connectivity index (χ0v) is 12.3. The fourth-order valence-electron chi connectivity index (χ4n) is 2.35. The van der Waals surface area contributed by atoms with Gasteiger partial charge in [-0.3, -0.25) is 4.79 Å². The average Bonchev–Trinajstić information content (AvgIpc) is 3.09. The molecule has 0 aliphatic carbocycles. The third-order valence-electron chi connectivity index (χ3n) is 3.37. The molecule has 0 spiro atoms. The van der Waals surface area contributed by atoms with Gasteiger partial charge in [-0.1, -0.05) is 6.07 Å². The topological polar surface area (TPSA) is 79.0 Å². The molecule has 5 nitrogen and oxygen atoms in total. The minimum Gasteiger partial charge on any atom is -0.356 e. The summed E-state index contributed by atoms with van der Waals surface area (Å²) in [5.74, 6) is -0.137. The third-order valence-corrected chi connectivity index (χ3v) is 6.08. The van der Waals surface area contributed by atoms with Crippen LogP contribution in [0.1, 0.15) is 20.9 Å². The largest absolute Gasteiger partial charge is 0.356 e. The van der Waals surface area contributed by atoms with Crippen molar-refractivity contribution in [1.82, 2.24) is 10.3 Å². The summed E-state index contributed by atoms with van der Waals surface area (Å²) in [6.07, 6.45) is 2.62. The molecule has 0 fully saturated rings. The van der Waals surface area contributed by atoms with E-state index in [0.29, 0.717) is 24.2 Å². The second-order valence-electron chi connectivity index (χ2n) is 4.66. The summed E-state index contributed by atoms with van der Waals surface area (Å²) in [5.41, 5.74) is 1.01. The van der Waals surface area contributed by atoms with Gasteiger partial charge >= 0.3 is 0 Å². The van der Waals surface area contributed by atoms with E-state index in [0.717, 1.165) is 6.42 Å². The Hall–Kier alpha value is -1.60. The molecule has 1 amide bonds. The van der Waals surface area contributed by atoms with Crippen LogP contribution in [0.25, 0.3) is 0 Å². The molecule has 0 radical (unpaired) electrons. The molecule has 1 aliphatic heterocycles. The first-order chi connectivity index (χ1) is 9.58. The molecule has 3 heterocycles. The Morgan fingerprint density at radius 1 is 1.45 bits per heavy atom. The highest BCUT2D eigenvalue weighted by Gasteiger charge is 2.31. The predicted octanol–water partition coefficient (Wildman–Crippen LogP) is 1.38. The van der Waals surface area contributed by atoms with Crippen molar-refractivity contribution in [2.75, 3.05) is 12.3 Å². The van der Waals surface area contributed by atoms with Gasteiger partial charge in [0.2, 0.25) is 0 Å². The van der Waals surface area contributed by atoms with Crippen LogP contribution < -0.4 is 5.32 Å². The predicted molar refractivity (Wildman–Crippen MR) is 76.9 cm³/mol. The molecule has 0 saturated carbocycles. The molecule has 7 heteroatoms. The third kappa shape index (κ3) is 2.38. The summed E-state index contributed by atoms with van der Waals surface area (Å²) in [5, 5.41) is 4.82. The van der Waals surface area contributed by atoms with Crippen LogP contribution in [0.5, 0.6) is 0 Å². The second kappa shape index (κ2) is 5.06.